The lowest BCUT2D eigenvalue weighted by atomic mass is 9.97. The normalized spacial score (nSPS) is 11.8. The highest BCUT2D eigenvalue weighted by molar-refractivity contribution is 6.42. The molecule has 0 amide bonds. The highest BCUT2D eigenvalue weighted by Gasteiger charge is 2.11. The minimum absolute atomic E-state index is 0.756. The van der Waals surface area contributed by atoms with Gasteiger partial charge in [0.2, 0.25) is 0 Å². The van der Waals surface area contributed by atoms with E-state index in [9.17, 15) is 0 Å². The molecule has 0 aliphatic rings. The highest BCUT2D eigenvalue weighted by Crippen LogP contribution is 2.35. The van der Waals surface area contributed by atoms with Crippen LogP contribution in [0, 0.1) is 13.8 Å². The zero-order valence-electron chi connectivity index (χ0n) is 13.4. The summed E-state index contributed by atoms with van der Waals surface area (Å²) in [6.07, 6.45) is 1.87. The third-order valence-electron chi connectivity index (χ3n) is 4.16. The number of benzene rings is 3. The molecule has 0 unspecified atom stereocenters. The predicted molar refractivity (Wildman–Crippen MR) is 99.0 cm³/mol. The lowest BCUT2D eigenvalue weighted by Crippen LogP contribution is -1.97. The van der Waals surface area contributed by atoms with Crippen molar-refractivity contribution in [1.29, 1.82) is 0 Å². The molecule has 0 fully saturated rings. The smallest absolute Gasteiger partial charge is 0.151 e. The van der Waals surface area contributed by atoms with Crippen molar-refractivity contribution in [2.24, 2.45) is 5.10 Å². The van der Waals surface area contributed by atoms with E-state index in [1.807, 2.05) is 56.5 Å². The van der Waals surface area contributed by atoms with Gasteiger partial charge in [0.05, 0.1) is 11.2 Å². The van der Waals surface area contributed by atoms with Crippen LogP contribution in [0.3, 0.4) is 0 Å². The van der Waals surface area contributed by atoms with Crippen LogP contribution in [0.15, 0.2) is 53.6 Å². The van der Waals surface area contributed by atoms with E-state index in [4.69, 9.17) is 11.6 Å². The summed E-state index contributed by atoms with van der Waals surface area (Å²) >= 11 is 6.63. The Morgan fingerprint density at radius 3 is 1.79 bits per heavy atom. The van der Waals surface area contributed by atoms with Gasteiger partial charge < -0.3 is 0 Å². The van der Waals surface area contributed by atoms with Gasteiger partial charge in [-0.1, -0.05) is 60.1 Å². The van der Waals surface area contributed by atoms with E-state index in [1.165, 1.54) is 0 Å². The summed E-state index contributed by atoms with van der Waals surface area (Å²) < 4.78 is 1.73. The van der Waals surface area contributed by atoms with Crippen LogP contribution in [0.4, 0.5) is 0 Å². The third kappa shape index (κ3) is 2.27. The Bertz CT molecular complexity index is 1020. The standard InChI is InChI=1S/C19H15ClN4/c1-12-22-23-13(2)24(12)21-11-18-14-7-3-5-9-16(14)19(20)17-10-6-4-8-15(17)18/h3-11H,1-2H3. The average molecular weight is 335 g/mol. The van der Waals surface area contributed by atoms with Gasteiger partial charge in [0.1, 0.15) is 0 Å². The summed E-state index contributed by atoms with van der Waals surface area (Å²) in [5, 5.41) is 17.7. The average Bonchev–Trinajstić information content (AvgIpc) is 2.93. The Balaban J connectivity index is 2.04. The maximum atomic E-state index is 6.63. The lowest BCUT2D eigenvalue weighted by molar-refractivity contribution is 0.799. The van der Waals surface area contributed by atoms with Crippen LogP contribution in [0.25, 0.3) is 21.5 Å². The fourth-order valence-corrected chi connectivity index (χ4v) is 3.32. The van der Waals surface area contributed by atoms with Crippen LogP contribution in [-0.4, -0.2) is 21.1 Å². The van der Waals surface area contributed by atoms with E-state index >= 15 is 0 Å². The molecule has 24 heavy (non-hydrogen) atoms. The first-order chi connectivity index (χ1) is 11.7. The van der Waals surface area contributed by atoms with Crippen LogP contribution in [0.2, 0.25) is 5.02 Å². The molecule has 118 valence electrons. The zero-order chi connectivity index (χ0) is 16.7. The van der Waals surface area contributed by atoms with E-state index in [0.717, 1.165) is 43.8 Å². The lowest BCUT2D eigenvalue weighted by Gasteiger charge is -2.10. The first-order valence-corrected chi connectivity index (χ1v) is 8.06. The molecule has 0 atom stereocenters. The van der Waals surface area contributed by atoms with Crippen molar-refractivity contribution < 1.29 is 0 Å². The first-order valence-electron chi connectivity index (χ1n) is 7.68. The Morgan fingerprint density at radius 2 is 1.29 bits per heavy atom. The number of aryl methyl sites for hydroxylation is 2. The van der Waals surface area contributed by atoms with E-state index in [-0.39, 0.29) is 0 Å². The number of hydrogen-bond donors (Lipinski definition) is 0. The van der Waals surface area contributed by atoms with E-state index < -0.39 is 0 Å². The van der Waals surface area contributed by atoms with E-state index in [2.05, 4.69) is 27.4 Å². The van der Waals surface area contributed by atoms with Gasteiger partial charge in [-0.3, -0.25) is 0 Å². The quantitative estimate of drug-likeness (QED) is 0.392. The minimum atomic E-state index is 0.756. The predicted octanol–water partition coefficient (Wildman–Crippen LogP) is 4.74. The largest absolute Gasteiger partial charge is 0.202 e. The molecule has 1 heterocycles. The van der Waals surface area contributed by atoms with Gasteiger partial charge in [-0.2, -0.15) is 5.10 Å². The Kier molecular flexibility index (Phi) is 3.54. The third-order valence-corrected chi connectivity index (χ3v) is 4.57. The van der Waals surface area contributed by atoms with Crippen LogP contribution < -0.4 is 0 Å². The number of nitrogens with zero attached hydrogens (tertiary/aromatic N) is 4. The molecule has 0 radical (unpaired) electrons. The van der Waals surface area contributed by atoms with Crippen LogP contribution in [-0.2, 0) is 0 Å². The van der Waals surface area contributed by atoms with Crippen LogP contribution >= 0.6 is 11.6 Å². The SMILES string of the molecule is Cc1nnc(C)n1N=Cc1c2ccccc2c(Cl)c2ccccc12. The van der Waals surface area contributed by atoms with Gasteiger partial charge >= 0.3 is 0 Å². The summed E-state index contributed by atoms with van der Waals surface area (Å²) in [5.74, 6) is 1.51. The summed E-state index contributed by atoms with van der Waals surface area (Å²) in [6.45, 7) is 3.77. The van der Waals surface area contributed by atoms with Gasteiger partial charge in [0, 0.05) is 16.3 Å². The molecule has 0 saturated heterocycles. The van der Waals surface area contributed by atoms with E-state index in [0.29, 0.717) is 0 Å². The number of halogens is 1. The molecule has 0 aliphatic heterocycles. The number of aromatic nitrogens is 3. The van der Waals surface area contributed by atoms with Crippen LogP contribution in [0.1, 0.15) is 17.2 Å². The van der Waals surface area contributed by atoms with Crippen molar-refractivity contribution in [3.63, 3.8) is 0 Å². The van der Waals surface area contributed by atoms with Crippen molar-refractivity contribution in [3.8, 4) is 0 Å². The van der Waals surface area contributed by atoms with Crippen molar-refractivity contribution in [2.75, 3.05) is 0 Å². The fraction of sp³-hybridized carbons (Fsp3) is 0.105. The minimum Gasteiger partial charge on any atom is -0.202 e. The summed E-state index contributed by atoms with van der Waals surface area (Å²) in [7, 11) is 0. The number of fused-ring (bicyclic) bond motifs is 2. The molecule has 0 spiro atoms. The second kappa shape index (κ2) is 5.73. The molecule has 5 heteroatoms. The summed E-state index contributed by atoms with van der Waals surface area (Å²) in [5.41, 5.74) is 1.04. The molecule has 4 aromatic rings. The van der Waals surface area contributed by atoms with Crippen molar-refractivity contribution in [3.05, 3.63) is 70.8 Å². The van der Waals surface area contributed by atoms with Crippen LogP contribution in [0.5, 0.6) is 0 Å². The van der Waals surface area contributed by atoms with Crippen molar-refractivity contribution in [2.45, 2.75) is 13.8 Å². The molecule has 1 aromatic heterocycles. The Hall–Kier alpha value is -2.72. The number of hydrogen-bond acceptors (Lipinski definition) is 3. The molecule has 0 bridgehead atoms. The Morgan fingerprint density at radius 1 is 0.833 bits per heavy atom. The van der Waals surface area contributed by atoms with Gasteiger partial charge in [-0.25, -0.2) is 4.68 Å². The maximum Gasteiger partial charge on any atom is 0.151 e. The molecular formula is C19H15ClN4. The van der Waals surface area contributed by atoms with Crippen molar-refractivity contribution in [1.82, 2.24) is 14.9 Å². The zero-order valence-corrected chi connectivity index (χ0v) is 14.1. The molecular weight excluding hydrogens is 320 g/mol. The van der Waals surface area contributed by atoms with Gasteiger partial charge in [-0.05, 0) is 24.6 Å². The highest BCUT2D eigenvalue weighted by atomic mass is 35.5. The molecule has 0 aliphatic carbocycles. The number of rotatable bonds is 2. The van der Waals surface area contributed by atoms with E-state index in [1.54, 1.807) is 4.68 Å². The molecule has 0 N–H and O–H groups in total. The Labute approximate surface area is 144 Å². The first kappa shape index (κ1) is 14.8. The molecule has 0 saturated carbocycles. The maximum absolute atomic E-state index is 6.63. The molecule has 3 aromatic carbocycles. The van der Waals surface area contributed by atoms with Gasteiger partial charge in [-0.15, -0.1) is 10.2 Å². The van der Waals surface area contributed by atoms with Gasteiger partial charge in [0.15, 0.2) is 11.6 Å². The van der Waals surface area contributed by atoms with Crippen molar-refractivity contribution >= 4 is 39.4 Å². The topological polar surface area (TPSA) is 43.1 Å². The second-order valence-corrected chi connectivity index (χ2v) is 6.05. The second-order valence-electron chi connectivity index (χ2n) is 5.67. The summed E-state index contributed by atoms with van der Waals surface area (Å²) in [4.78, 5) is 0. The monoisotopic (exact) mass is 334 g/mol. The molecule has 4 nitrogen and oxygen atoms in total. The molecule has 4 rings (SSSR count). The fourth-order valence-electron chi connectivity index (χ4n) is 2.99. The summed E-state index contributed by atoms with van der Waals surface area (Å²) in [6, 6.07) is 16.2. The van der Waals surface area contributed by atoms with Gasteiger partial charge in [0.25, 0.3) is 0 Å².